The Morgan fingerprint density at radius 2 is 1.62 bits per heavy atom. The second-order valence-corrected chi connectivity index (χ2v) is 6.49. The third kappa shape index (κ3) is 6.00. The maximum absolute atomic E-state index is 13.7. The molecule has 3 aromatic rings. The van der Waals surface area contributed by atoms with Gasteiger partial charge in [-0.1, -0.05) is 30.3 Å². The van der Waals surface area contributed by atoms with E-state index in [4.69, 9.17) is 4.74 Å². The molecule has 0 radical (unpaired) electrons. The molecule has 3 rings (SSSR count). The number of nitrogens with one attached hydrogen (secondary N) is 2. The number of anilines is 2. The number of benzene rings is 3. The van der Waals surface area contributed by atoms with Gasteiger partial charge in [-0.05, 0) is 48.5 Å². The quantitative estimate of drug-likeness (QED) is 0.423. The van der Waals surface area contributed by atoms with Gasteiger partial charge in [0.25, 0.3) is 11.8 Å². The number of hydrogen-bond acceptors (Lipinski definition) is 4. The molecule has 32 heavy (non-hydrogen) atoms. The van der Waals surface area contributed by atoms with Crippen molar-refractivity contribution in [3.05, 3.63) is 95.6 Å². The van der Waals surface area contributed by atoms with Gasteiger partial charge in [-0.15, -0.1) is 0 Å². The second-order valence-electron chi connectivity index (χ2n) is 6.49. The highest BCUT2D eigenvalue weighted by Gasteiger charge is 2.13. The summed E-state index contributed by atoms with van der Waals surface area (Å²) in [5.41, 5.74) is 0.517. The van der Waals surface area contributed by atoms with E-state index in [1.807, 2.05) is 6.07 Å². The highest BCUT2D eigenvalue weighted by atomic mass is 19.1. The zero-order valence-electron chi connectivity index (χ0n) is 16.6. The third-order valence-electron chi connectivity index (χ3n) is 4.19. The third-order valence-corrected chi connectivity index (χ3v) is 4.19. The summed E-state index contributed by atoms with van der Waals surface area (Å²) in [6.45, 7) is -0.414. The molecule has 6 nitrogen and oxygen atoms in total. The molecule has 3 aromatic carbocycles. The van der Waals surface area contributed by atoms with E-state index < -0.39 is 30.1 Å². The zero-order valence-corrected chi connectivity index (χ0v) is 16.6. The molecule has 0 heterocycles. The first-order valence-electron chi connectivity index (χ1n) is 9.41. The van der Waals surface area contributed by atoms with E-state index >= 15 is 0 Å². The molecular formula is C24H17F2N3O3. The summed E-state index contributed by atoms with van der Waals surface area (Å²) in [4.78, 5) is 24.5. The number of ether oxygens (including phenoxy) is 1. The van der Waals surface area contributed by atoms with E-state index in [0.717, 1.165) is 0 Å². The van der Waals surface area contributed by atoms with Crippen LogP contribution in [0.2, 0.25) is 0 Å². The first-order chi connectivity index (χ1) is 15.5. The summed E-state index contributed by atoms with van der Waals surface area (Å²) in [6.07, 6.45) is 1.31. The van der Waals surface area contributed by atoms with Gasteiger partial charge in [0.1, 0.15) is 29.0 Å². The van der Waals surface area contributed by atoms with Crippen molar-refractivity contribution >= 4 is 29.3 Å². The Morgan fingerprint density at radius 3 is 2.34 bits per heavy atom. The number of rotatable bonds is 7. The minimum absolute atomic E-state index is 0.0264. The van der Waals surface area contributed by atoms with Crippen molar-refractivity contribution in [1.29, 1.82) is 5.26 Å². The molecule has 0 aliphatic carbocycles. The first-order valence-corrected chi connectivity index (χ1v) is 9.41. The number of halogens is 2. The Balaban J connectivity index is 1.70. The smallest absolute Gasteiger partial charge is 0.266 e. The SMILES string of the molecule is N#C/C(=C\c1ccccc1OCC(=O)Nc1ccccc1F)C(=O)Nc1ccc(F)cc1. The van der Waals surface area contributed by atoms with E-state index in [1.165, 1.54) is 48.5 Å². The van der Waals surface area contributed by atoms with Crippen LogP contribution in [0.1, 0.15) is 5.56 Å². The molecule has 0 aliphatic heterocycles. The fraction of sp³-hybridized carbons (Fsp3) is 0.0417. The lowest BCUT2D eigenvalue weighted by Crippen LogP contribution is -2.21. The lowest BCUT2D eigenvalue weighted by molar-refractivity contribution is -0.118. The van der Waals surface area contributed by atoms with E-state index in [2.05, 4.69) is 10.6 Å². The molecule has 160 valence electrons. The zero-order chi connectivity index (χ0) is 22.9. The van der Waals surface area contributed by atoms with Crippen molar-refractivity contribution in [2.24, 2.45) is 0 Å². The second kappa shape index (κ2) is 10.5. The largest absolute Gasteiger partial charge is 0.483 e. The summed E-state index contributed by atoms with van der Waals surface area (Å²) < 4.78 is 32.2. The van der Waals surface area contributed by atoms with Gasteiger partial charge >= 0.3 is 0 Å². The summed E-state index contributed by atoms with van der Waals surface area (Å²) in [6, 6.07) is 19.1. The summed E-state index contributed by atoms with van der Waals surface area (Å²) in [7, 11) is 0. The number of hydrogen-bond donors (Lipinski definition) is 2. The molecule has 0 aliphatic rings. The van der Waals surface area contributed by atoms with Crippen LogP contribution in [-0.4, -0.2) is 18.4 Å². The van der Waals surface area contributed by atoms with Gasteiger partial charge in [0.05, 0.1) is 5.69 Å². The van der Waals surface area contributed by atoms with Crippen molar-refractivity contribution in [2.45, 2.75) is 0 Å². The Morgan fingerprint density at radius 1 is 0.938 bits per heavy atom. The van der Waals surface area contributed by atoms with Crippen molar-refractivity contribution in [3.8, 4) is 11.8 Å². The fourth-order valence-corrected chi connectivity index (χ4v) is 2.66. The van der Waals surface area contributed by atoms with E-state index in [1.54, 1.807) is 30.3 Å². The molecule has 0 saturated heterocycles. The van der Waals surface area contributed by atoms with Crippen LogP contribution in [0.5, 0.6) is 5.75 Å². The van der Waals surface area contributed by atoms with Crippen LogP contribution in [0.25, 0.3) is 6.08 Å². The Kier molecular flexibility index (Phi) is 7.28. The number of nitrogens with zero attached hydrogens (tertiary/aromatic N) is 1. The molecule has 0 saturated carbocycles. The molecule has 0 fully saturated rings. The van der Waals surface area contributed by atoms with E-state index in [0.29, 0.717) is 11.3 Å². The standard InChI is InChI=1S/C24H17F2N3O3/c25-18-9-11-19(12-10-18)28-24(31)17(14-27)13-16-5-1-4-8-22(16)32-15-23(30)29-21-7-3-2-6-20(21)26/h1-13H,15H2,(H,28,31)(H,29,30)/b17-13+. The van der Waals surface area contributed by atoms with E-state index in [9.17, 15) is 23.6 Å². The van der Waals surface area contributed by atoms with Crippen LogP contribution >= 0.6 is 0 Å². The van der Waals surface area contributed by atoms with Crippen LogP contribution in [-0.2, 0) is 9.59 Å². The Hall–Kier alpha value is -4.51. The number of carbonyl (C=O) groups is 2. The number of amides is 2. The van der Waals surface area contributed by atoms with Crippen molar-refractivity contribution in [2.75, 3.05) is 17.2 Å². The predicted octanol–water partition coefficient (Wildman–Crippen LogP) is 4.53. The average Bonchev–Trinajstić information content (AvgIpc) is 2.79. The van der Waals surface area contributed by atoms with Crippen molar-refractivity contribution in [3.63, 3.8) is 0 Å². The average molecular weight is 433 g/mol. The monoisotopic (exact) mass is 433 g/mol. The Bertz CT molecular complexity index is 1200. The first kappa shape index (κ1) is 22.2. The molecule has 2 N–H and O–H groups in total. The van der Waals surface area contributed by atoms with Crippen LogP contribution < -0.4 is 15.4 Å². The van der Waals surface area contributed by atoms with Crippen LogP contribution in [0.4, 0.5) is 20.2 Å². The van der Waals surface area contributed by atoms with E-state index in [-0.39, 0.29) is 17.0 Å². The maximum atomic E-state index is 13.7. The highest BCUT2D eigenvalue weighted by Crippen LogP contribution is 2.22. The van der Waals surface area contributed by atoms with Crippen LogP contribution in [0.15, 0.2) is 78.4 Å². The lowest BCUT2D eigenvalue weighted by Gasteiger charge is -2.10. The molecule has 0 spiro atoms. The lowest BCUT2D eigenvalue weighted by atomic mass is 10.1. The number of para-hydroxylation sites is 2. The fourth-order valence-electron chi connectivity index (χ4n) is 2.66. The van der Waals surface area contributed by atoms with Gasteiger partial charge in [0.15, 0.2) is 6.61 Å². The van der Waals surface area contributed by atoms with Crippen LogP contribution in [0, 0.1) is 23.0 Å². The number of nitriles is 1. The normalized spacial score (nSPS) is 10.7. The minimum Gasteiger partial charge on any atom is -0.483 e. The highest BCUT2D eigenvalue weighted by molar-refractivity contribution is 6.09. The molecular weight excluding hydrogens is 416 g/mol. The van der Waals surface area contributed by atoms with Gasteiger partial charge in [0.2, 0.25) is 0 Å². The van der Waals surface area contributed by atoms with Gasteiger partial charge in [-0.25, -0.2) is 8.78 Å². The summed E-state index contributed by atoms with van der Waals surface area (Å²) in [5.74, 6) is -2.05. The molecule has 0 bridgehead atoms. The number of carbonyl (C=O) groups excluding carboxylic acids is 2. The van der Waals surface area contributed by atoms with Crippen molar-refractivity contribution in [1.82, 2.24) is 0 Å². The van der Waals surface area contributed by atoms with Crippen LogP contribution in [0.3, 0.4) is 0 Å². The molecule has 8 heteroatoms. The predicted molar refractivity (Wildman–Crippen MR) is 116 cm³/mol. The van der Waals surface area contributed by atoms with Gasteiger partial charge in [0, 0.05) is 11.3 Å². The minimum atomic E-state index is -0.689. The molecule has 2 amide bonds. The van der Waals surface area contributed by atoms with Gasteiger partial charge in [-0.2, -0.15) is 5.26 Å². The van der Waals surface area contributed by atoms with Crippen molar-refractivity contribution < 1.29 is 23.1 Å². The molecule has 0 aromatic heterocycles. The summed E-state index contributed by atoms with van der Waals surface area (Å²) in [5, 5.41) is 14.3. The molecule has 0 unspecified atom stereocenters. The maximum Gasteiger partial charge on any atom is 0.266 e. The van der Waals surface area contributed by atoms with Gasteiger partial charge < -0.3 is 15.4 Å². The molecule has 0 atom stereocenters. The Labute approximate surface area is 182 Å². The van der Waals surface area contributed by atoms with Gasteiger partial charge in [-0.3, -0.25) is 9.59 Å². The summed E-state index contributed by atoms with van der Waals surface area (Å²) >= 11 is 0. The topological polar surface area (TPSA) is 91.2 Å².